The van der Waals surface area contributed by atoms with Crippen LogP contribution in [0.15, 0.2) is 18.2 Å². The largest absolute Gasteiger partial charge is 0.508 e. The molecular formula is C19H22O2. The highest BCUT2D eigenvalue weighted by Gasteiger charge is 2.76. The predicted molar refractivity (Wildman–Crippen MR) is 80.2 cm³/mol. The molecule has 21 heavy (non-hydrogen) atoms. The predicted octanol–water partition coefficient (Wildman–Crippen LogP) is 3.82. The quantitative estimate of drug-likeness (QED) is 0.785. The van der Waals surface area contributed by atoms with Crippen molar-refractivity contribution in [1.82, 2.24) is 0 Å². The summed E-state index contributed by atoms with van der Waals surface area (Å²) < 4.78 is 0. The van der Waals surface area contributed by atoms with Crippen LogP contribution in [0.3, 0.4) is 0 Å². The smallest absolute Gasteiger partial charge is 0.139 e. The van der Waals surface area contributed by atoms with Crippen LogP contribution in [0, 0.1) is 22.7 Å². The Balaban J connectivity index is 1.61. The zero-order valence-electron chi connectivity index (χ0n) is 12.6. The molecule has 1 aromatic rings. The Morgan fingerprint density at radius 3 is 3.00 bits per heavy atom. The van der Waals surface area contributed by atoms with Gasteiger partial charge in [-0.3, -0.25) is 4.79 Å². The Kier molecular flexibility index (Phi) is 2.06. The average molecular weight is 282 g/mol. The number of phenolic OH excluding ortho intramolecular Hbond substituents is 1. The molecule has 1 unspecified atom stereocenters. The van der Waals surface area contributed by atoms with Gasteiger partial charge in [-0.1, -0.05) is 13.0 Å². The van der Waals surface area contributed by atoms with E-state index in [1.165, 1.54) is 24.0 Å². The van der Waals surface area contributed by atoms with E-state index in [9.17, 15) is 9.90 Å². The molecule has 1 aromatic carbocycles. The fourth-order valence-corrected chi connectivity index (χ4v) is 6.54. The lowest BCUT2D eigenvalue weighted by Gasteiger charge is -2.50. The van der Waals surface area contributed by atoms with Gasteiger partial charge in [0.1, 0.15) is 11.5 Å². The Morgan fingerprint density at radius 1 is 1.29 bits per heavy atom. The van der Waals surface area contributed by atoms with Crippen molar-refractivity contribution in [3.63, 3.8) is 0 Å². The van der Waals surface area contributed by atoms with Crippen molar-refractivity contribution in [1.29, 1.82) is 0 Å². The number of Topliss-reactive ketones (excluding diaryl/α,β-unsaturated/α-hetero) is 1. The van der Waals surface area contributed by atoms with E-state index in [1.54, 1.807) is 0 Å². The summed E-state index contributed by atoms with van der Waals surface area (Å²) in [5.74, 6) is 2.95. The molecule has 4 aliphatic carbocycles. The summed E-state index contributed by atoms with van der Waals surface area (Å²) >= 11 is 0. The maximum absolute atomic E-state index is 12.5. The van der Waals surface area contributed by atoms with Crippen LogP contribution in [-0.4, -0.2) is 10.9 Å². The maximum atomic E-state index is 12.5. The Bertz CT molecular complexity index is 664. The van der Waals surface area contributed by atoms with E-state index in [4.69, 9.17) is 0 Å². The first-order chi connectivity index (χ1) is 10.1. The lowest BCUT2D eigenvalue weighted by Crippen LogP contribution is -2.46. The highest BCUT2D eigenvalue weighted by atomic mass is 16.3. The van der Waals surface area contributed by atoms with Gasteiger partial charge in [-0.25, -0.2) is 0 Å². The maximum Gasteiger partial charge on any atom is 0.139 e. The number of aryl methyl sites for hydroxylation is 1. The number of hydrogen-bond donors (Lipinski definition) is 1. The molecule has 1 spiro atoms. The summed E-state index contributed by atoms with van der Waals surface area (Å²) in [5.41, 5.74) is 3.12. The molecule has 3 saturated carbocycles. The first-order valence-corrected chi connectivity index (χ1v) is 8.41. The lowest BCUT2D eigenvalue weighted by atomic mass is 9.52. The summed E-state index contributed by atoms with van der Waals surface area (Å²) in [4.78, 5) is 12.5. The summed E-state index contributed by atoms with van der Waals surface area (Å²) in [6.07, 6.45) is 6.65. The van der Waals surface area contributed by atoms with Crippen LogP contribution in [-0.2, 0) is 11.2 Å². The van der Waals surface area contributed by atoms with E-state index in [2.05, 4.69) is 13.0 Å². The molecule has 0 heterocycles. The topological polar surface area (TPSA) is 37.3 Å². The van der Waals surface area contributed by atoms with Crippen molar-refractivity contribution in [2.24, 2.45) is 22.7 Å². The van der Waals surface area contributed by atoms with Crippen LogP contribution in [0.5, 0.6) is 5.75 Å². The molecule has 5 rings (SSSR count). The van der Waals surface area contributed by atoms with Gasteiger partial charge in [-0.15, -0.1) is 0 Å². The molecule has 4 aliphatic rings. The van der Waals surface area contributed by atoms with Crippen molar-refractivity contribution in [3.05, 3.63) is 29.3 Å². The van der Waals surface area contributed by atoms with Crippen LogP contribution in [0.4, 0.5) is 0 Å². The van der Waals surface area contributed by atoms with Gasteiger partial charge in [0.2, 0.25) is 0 Å². The molecule has 1 N–H and O–H groups in total. The second kappa shape index (κ2) is 3.53. The van der Waals surface area contributed by atoms with Gasteiger partial charge in [0.15, 0.2) is 0 Å². The Morgan fingerprint density at radius 2 is 2.14 bits per heavy atom. The number of fused-ring (bicyclic) bond motifs is 3. The van der Waals surface area contributed by atoms with E-state index < -0.39 is 0 Å². The monoisotopic (exact) mass is 282 g/mol. The first kappa shape index (κ1) is 12.3. The number of carbonyl (C=O) groups is 1. The number of carbonyl (C=O) groups excluding carboxylic acids is 1. The summed E-state index contributed by atoms with van der Waals surface area (Å²) in [6, 6.07) is 5.95. The lowest BCUT2D eigenvalue weighted by molar-refractivity contribution is -0.132. The standard InChI is InChI=1S/C19H22O2/c1-18-7-6-15-14-4-3-13(20)8-11(14)2-5-16(15)19(18)10-12(19)9-17(18)21/h3-4,8,12,15-16,20H,2,5-7,9-10H2,1H3/t12?,15-,16-,18-,19+/m1/s1. The zero-order chi connectivity index (χ0) is 14.4. The third-order valence-electron chi connectivity index (χ3n) is 7.58. The van der Waals surface area contributed by atoms with Gasteiger partial charge in [0.25, 0.3) is 0 Å². The fourth-order valence-electron chi connectivity index (χ4n) is 6.54. The minimum Gasteiger partial charge on any atom is -0.508 e. The average Bonchev–Trinajstić information content (AvgIpc) is 3.12. The molecule has 5 atom stereocenters. The normalized spacial score (nSPS) is 46.3. The number of ketones is 1. The van der Waals surface area contributed by atoms with Crippen molar-refractivity contribution in [2.45, 2.75) is 51.4 Å². The van der Waals surface area contributed by atoms with Gasteiger partial charge in [0.05, 0.1) is 0 Å². The first-order valence-electron chi connectivity index (χ1n) is 8.41. The molecule has 2 nitrogen and oxygen atoms in total. The van der Waals surface area contributed by atoms with Crippen LogP contribution >= 0.6 is 0 Å². The highest BCUT2D eigenvalue weighted by molar-refractivity contribution is 5.90. The van der Waals surface area contributed by atoms with Gasteiger partial charge in [-0.05, 0) is 78.5 Å². The third-order valence-corrected chi connectivity index (χ3v) is 7.58. The minimum absolute atomic E-state index is 0.0206. The molecule has 3 fully saturated rings. The molecule has 0 amide bonds. The van der Waals surface area contributed by atoms with Crippen LogP contribution in [0.1, 0.15) is 56.1 Å². The van der Waals surface area contributed by atoms with Gasteiger partial charge >= 0.3 is 0 Å². The number of aromatic hydroxyl groups is 1. The van der Waals surface area contributed by atoms with Crippen molar-refractivity contribution in [2.75, 3.05) is 0 Å². The van der Waals surface area contributed by atoms with Crippen LogP contribution < -0.4 is 0 Å². The summed E-state index contributed by atoms with van der Waals surface area (Å²) in [5, 5.41) is 9.72. The number of hydrogen-bond acceptors (Lipinski definition) is 2. The molecule has 110 valence electrons. The number of phenols is 1. The van der Waals surface area contributed by atoms with Crippen molar-refractivity contribution >= 4 is 5.78 Å². The molecule has 0 radical (unpaired) electrons. The van der Waals surface area contributed by atoms with E-state index in [0.29, 0.717) is 34.7 Å². The molecular weight excluding hydrogens is 260 g/mol. The number of benzene rings is 1. The highest BCUT2D eigenvalue weighted by Crippen LogP contribution is 2.80. The number of rotatable bonds is 0. The van der Waals surface area contributed by atoms with Gasteiger partial charge in [0, 0.05) is 11.8 Å². The van der Waals surface area contributed by atoms with E-state index >= 15 is 0 Å². The van der Waals surface area contributed by atoms with Crippen molar-refractivity contribution in [3.8, 4) is 5.75 Å². The van der Waals surface area contributed by atoms with E-state index in [1.807, 2.05) is 12.1 Å². The zero-order valence-corrected chi connectivity index (χ0v) is 12.6. The van der Waals surface area contributed by atoms with Crippen LogP contribution in [0.25, 0.3) is 0 Å². The summed E-state index contributed by atoms with van der Waals surface area (Å²) in [6.45, 7) is 2.27. The second-order valence-corrected chi connectivity index (χ2v) is 8.07. The van der Waals surface area contributed by atoms with E-state index in [-0.39, 0.29) is 5.41 Å². The van der Waals surface area contributed by atoms with Crippen molar-refractivity contribution < 1.29 is 9.90 Å². The summed E-state index contributed by atoms with van der Waals surface area (Å²) in [7, 11) is 0. The molecule has 0 aliphatic heterocycles. The Hall–Kier alpha value is -1.31. The third kappa shape index (κ3) is 1.24. The minimum atomic E-state index is -0.0206. The fraction of sp³-hybridized carbons (Fsp3) is 0.632. The molecule has 0 aromatic heterocycles. The van der Waals surface area contributed by atoms with Gasteiger partial charge in [-0.2, -0.15) is 0 Å². The van der Waals surface area contributed by atoms with E-state index in [0.717, 1.165) is 25.7 Å². The molecule has 0 saturated heterocycles. The Labute approximate surface area is 125 Å². The van der Waals surface area contributed by atoms with Gasteiger partial charge < -0.3 is 5.11 Å². The van der Waals surface area contributed by atoms with Crippen LogP contribution in [0.2, 0.25) is 0 Å². The molecule has 0 bridgehead atoms. The second-order valence-electron chi connectivity index (χ2n) is 8.07. The SMILES string of the molecule is C[C@]12CC[C@@H]3c4ccc(O)cc4CC[C@H]3[C@@]13CC3CC2=O. The molecule has 2 heteroatoms.